The molecule has 20 heavy (non-hydrogen) atoms. The van der Waals surface area contributed by atoms with Gasteiger partial charge in [-0.25, -0.2) is 0 Å². The molecule has 0 unspecified atom stereocenters. The Morgan fingerprint density at radius 3 is 1.55 bits per heavy atom. The molecule has 6 heteroatoms. The van der Waals surface area contributed by atoms with Crippen molar-refractivity contribution in [1.29, 1.82) is 0 Å². The van der Waals surface area contributed by atoms with Crippen molar-refractivity contribution in [2.24, 2.45) is 0 Å². The van der Waals surface area contributed by atoms with Crippen LogP contribution >= 0.6 is 0 Å². The van der Waals surface area contributed by atoms with Crippen LogP contribution in [0, 0.1) is 6.07 Å². The largest absolute Gasteiger partial charge is 2.00 e. The van der Waals surface area contributed by atoms with Gasteiger partial charge in [-0.2, -0.15) is 24.3 Å². The van der Waals surface area contributed by atoms with Crippen LogP contribution in [-0.2, 0) is 32.2 Å². The molecule has 4 nitrogen and oxygen atoms in total. The molecule has 0 saturated heterocycles. The Balaban J connectivity index is 0.00000180. The maximum absolute atomic E-state index is 5.52. The van der Waals surface area contributed by atoms with E-state index in [0.717, 1.165) is 11.1 Å². The van der Waals surface area contributed by atoms with Gasteiger partial charge in [0, 0.05) is 13.2 Å². The smallest absolute Gasteiger partial charge is 1.00 e. The Bertz CT molecular complexity index is 322. The summed E-state index contributed by atoms with van der Waals surface area (Å²) in [6.07, 6.45) is 0. The predicted molar refractivity (Wildman–Crippen MR) is 72.0 cm³/mol. The van der Waals surface area contributed by atoms with Crippen molar-refractivity contribution in [3.8, 4) is 0 Å². The van der Waals surface area contributed by atoms with Crippen LogP contribution in [0.1, 0.15) is 11.1 Å². The molecule has 1 aliphatic rings. The molecule has 0 fully saturated rings. The molecule has 2 bridgehead atoms. The molecule has 0 aliphatic carbocycles. The van der Waals surface area contributed by atoms with Gasteiger partial charge in [-0.05, 0) is 0 Å². The molecule has 0 radical (unpaired) electrons. The van der Waals surface area contributed by atoms with Gasteiger partial charge < -0.3 is 35.9 Å². The van der Waals surface area contributed by atoms with E-state index in [0.29, 0.717) is 52.9 Å². The predicted octanol–water partition coefficient (Wildman–Crippen LogP) is -1.81. The third-order valence-electron chi connectivity index (χ3n) is 2.56. The Hall–Kier alpha value is 0.306. The Kier molecular flexibility index (Phi) is 13.2. The number of benzene rings is 1. The van der Waals surface area contributed by atoms with Crippen LogP contribution in [0.4, 0.5) is 0 Å². The minimum absolute atomic E-state index is 0. The van der Waals surface area contributed by atoms with Crippen molar-refractivity contribution in [2.45, 2.75) is 13.2 Å². The van der Waals surface area contributed by atoms with E-state index < -0.39 is 0 Å². The van der Waals surface area contributed by atoms with Crippen molar-refractivity contribution >= 4 is 23.1 Å². The zero-order valence-electron chi connectivity index (χ0n) is 11.6. The van der Waals surface area contributed by atoms with E-state index in [1.54, 1.807) is 0 Å². The topological polar surface area (TPSA) is 36.9 Å². The minimum atomic E-state index is 0. The second-order valence-electron chi connectivity index (χ2n) is 4.08. The Labute approximate surface area is 147 Å². The zero-order valence-corrected chi connectivity index (χ0v) is 14.6. The monoisotopic (exact) mass is 354 g/mol. The summed E-state index contributed by atoms with van der Waals surface area (Å²) >= 11 is 0. The molecular weight excluding hydrogens is 336 g/mol. The number of fused-ring (bicyclic) bond motifs is 2. The first-order valence-electron chi connectivity index (χ1n) is 6.25. The minimum Gasteiger partial charge on any atom is -1.00 e. The van der Waals surface area contributed by atoms with Gasteiger partial charge in [0.25, 0.3) is 0 Å². The van der Waals surface area contributed by atoms with Crippen molar-refractivity contribution in [3.63, 3.8) is 0 Å². The molecule has 0 spiro atoms. The van der Waals surface area contributed by atoms with Gasteiger partial charge in [0.15, 0.2) is 0 Å². The Morgan fingerprint density at radius 1 is 0.700 bits per heavy atom. The molecule has 0 N–H and O–H groups in total. The van der Waals surface area contributed by atoms with Crippen LogP contribution in [0.25, 0.3) is 0 Å². The molecule has 1 heterocycles. The van der Waals surface area contributed by atoms with E-state index in [1.807, 2.05) is 12.1 Å². The molecule has 0 aromatic heterocycles. The number of halogens is 1. The van der Waals surface area contributed by atoms with E-state index in [9.17, 15) is 0 Å². The van der Waals surface area contributed by atoms with Crippen LogP contribution in [0.2, 0.25) is 0 Å². The summed E-state index contributed by atoms with van der Waals surface area (Å²) in [5.74, 6) is 0. The summed E-state index contributed by atoms with van der Waals surface area (Å²) in [7, 11) is 0. The van der Waals surface area contributed by atoms with Crippen LogP contribution in [-0.4, -0.2) is 62.7 Å². The maximum Gasteiger partial charge on any atom is 2.00 e. The first-order chi connectivity index (χ1) is 8.95. The van der Waals surface area contributed by atoms with E-state index in [-0.39, 0.29) is 40.0 Å². The summed E-state index contributed by atoms with van der Waals surface area (Å²) in [6.45, 7) is 4.78. The van der Waals surface area contributed by atoms with Gasteiger partial charge >= 0.3 is 23.1 Å². The Morgan fingerprint density at radius 2 is 1.10 bits per heavy atom. The number of hydrogen-bond acceptors (Lipinski definition) is 4. The summed E-state index contributed by atoms with van der Waals surface area (Å²) in [5.41, 5.74) is 2.23. The van der Waals surface area contributed by atoms with Gasteiger partial charge in [-0.15, -0.1) is 11.1 Å². The average Bonchev–Trinajstić information content (AvgIpc) is 2.40. The number of ether oxygens (including phenoxy) is 4. The summed E-state index contributed by atoms with van der Waals surface area (Å²) < 4.78 is 21.8. The van der Waals surface area contributed by atoms with Crippen LogP contribution in [0.15, 0.2) is 18.2 Å². The van der Waals surface area contributed by atoms with Crippen molar-refractivity contribution in [3.05, 3.63) is 35.4 Å². The van der Waals surface area contributed by atoms with E-state index in [1.165, 1.54) is 0 Å². The van der Waals surface area contributed by atoms with Crippen LogP contribution in [0.5, 0.6) is 0 Å². The first-order valence-corrected chi connectivity index (χ1v) is 6.25. The molecular formula is C14H19BrMgO4. The van der Waals surface area contributed by atoms with Gasteiger partial charge in [0.1, 0.15) is 0 Å². The second-order valence-corrected chi connectivity index (χ2v) is 4.08. The first kappa shape index (κ1) is 20.3. The maximum atomic E-state index is 5.52. The summed E-state index contributed by atoms with van der Waals surface area (Å²) in [5, 5.41) is 0. The van der Waals surface area contributed by atoms with Crippen LogP contribution in [0.3, 0.4) is 0 Å². The molecule has 0 atom stereocenters. The molecule has 108 valence electrons. The normalized spacial score (nSPS) is 17.8. The van der Waals surface area contributed by atoms with Crippen molar-refractivity contribution < 1.29 is 35.9 Å². The standard InChI is InChI=1S/C14H19O4.BrH.Mg/c1-2-13-10-14(3-1)12-18-9-7-16-5-4-15-6-8-17-11-13;;/h2-3,10H,4-9,11-12H2;1H;/q-1;;+2/p-1. The SMILES string of the molecule is [Br-].[Mg+2].[c-]1cc2cc(c1)COCCOCCOCCOC2. The number of rotatable bonds is 0. The van der Waals surface area contributed by atoms with Gasteiger partial charge in [0.2, 0.25) is 0 Å². The van der Waals surface area contributed by atoms with E-state index in [4.69, 9.17) is 18.9 Å². The fourth-order valence-corrected chi connectivity index (χ4v) is 1.68. The molecule has 1 aliphatic heterocycles. The van der Waals surface area contributed by atoms with Gasteiger partial charge in [0.05, 0.1) is 39.6 Å². The molecule has 2 rings (SSSR count). The molecule has 0 saturated carbocycles. The number of hydrogen-bond donors (Lipinski definition) is 0. The fourth-order valence-electron chi connectivity index (χ4n) is 1.68. The quantitative estimate of drug-likeness (QED) is 0.406. The van der Waals surface area contributed by atoms with E-state index in [2.05, 4.69) is 12.1 Å². The van der Waals surface area contributed by atoms with Gasteiger partial charge in [-0.3, -0.25) is 0 Å². The molecule has 1 aromatic carbocycles. The van der Waals surface area contributed by atoms with Crippen LogP contribution < -0.4 is 17.0 Å². The third-order valence-corrected chi connectivity index (χ3v) is 2.56. The molecule has 0 amide bonds. The summed E-state index contributed by atoms with van der Waals surface area (Å²) in [4.78, 5) is 0. The molecule has 1 aromatic rings. The van der Waals surface area contributed by atoms with E-state index >= 15 is 0 Å². The van der Waals surface area contributed by atoms with Crippen molar-refractivity contribution in [2.75, 3.05) is 39.6 Å². The second kappa shape index (κ2) is 13.0. The average molecular weight is 356 g/mol. The third kappa shape index (κ3) is 8.56. The van der Waals surface area contributed by atoms with Gasteiger partial charge in [-0.1, -0.05) is 0 Å². The zero-order chi connectivity index (χ0) is 12.5. The fraction of sp³-hybridized carbons (Fsp3) is 0.571. The summed E-state index contributed by atoms with van der Waals surface area (Å²) in [6, 6.07) is 9.05. The van der Waals surface area contributed by atoms with Crippen molar-refractivity contribution in [1.82, 2.24) is 0 Å².